The highest BCUT2D eigenvalue weighted by Gasteiger charge is 2.36. The minimum absolute atomic E-state index is 0.239. The molecule has 96 valence electrons. The Kier molecular flexibility index (Phi) is 3.12. The molecule has 1 amide bonds. The van der Waals surface area contributed by atoms with Crippen molar-refractivity contribution < 1.29 is 22.7 Å². The van der Waals surface area contributed by atoms with Crippen LogP contribution in [0.1, 0.15) is 5.69 Å². The van der Waals surface area contributed by atoms with Gasteiger partial charge in [-0.3, -0.25) is 5.32 Å². The van der Waals surface area contributed by atoms with Gasteiger partial charge in [-0.2, -0.15) is 13.2 Å². The fourth-order valence-electron chi connectivity index (χ4n) is 1.37. The lowest BCUT2D eigenvalue weighted by molar-refractivity contribution is -0.140. The van der Waals surface area contributed by atoms with E-state index in [-0.39, 0.29) is 5.52 Å². The van der Waals surface area contributed by atoms with Gasteiger partial charge >= 0.3 is 12.3 Å². The molecule has 2 heterocycles. The highest BCUT2D eigenvalue weighted by Crippen LogP contribution is 2.36. The Morgan fingerprint density at radius 3 is 2.83 bits per heavy atom. The van der Waals surface area contributed by atoms with E-state index in [9.17, 15) is 18.0 Å². The molecule has 0 bridgehead atoms. The first-order valence-corrected chi connectivity index (χ1v) is 5.60. The van der Waals surface area contributed by atoms with E-state index in [0.29, 0.717) is 4.70 Å². The molecule has 0 radical (unpaired) electrons. The topological polar surface area (TPSA) is 51.2 Å². The van der Waals surface area contributed by atoms with E-state index in [1.807, 2.05) is 5.32 Å². The van der Waals surface area contributed by atoms with E-state index in [1.165, 1.54) is 23.5 Å². The average Bonchev–Trinajstić information content (AvgIpc) is 2.73. The fourth-order valence-corrected chi connectivity index (χ4v) is 2.13. The second-order valence-corrected chi connectivity index (χ2v) is 4.25. The molecule has 8 heteroatoms. The molecule has 0 aromatic carbocycles. The molecule has 0 aliphatic heterocycles. The molecule has 2 aromatic heterocycles. The number of rotatable bonds is 1. The summed E-state index contributed by atoms with van der Waals surface area (Å²) in [4.78, 5) is 14.5. The number of carbonyl (C=O) groups is 1. The number of carbonyl (C=O) groups excluding carboxylic acids is 1. The number of methoxy groups -OCH3 is 1. The molecule has 2 aromatic rings. The summed E-state index contributed by atoms with van der Waals surface area (Å²) in [5, 5.41) is 3.64. The summed E-state index contributed by atoms with van der Waals surface area (Å²) >= 11 is 1.23. The zero-order chi connectivity index (χ0) is 13.3. The number of hydrogen-bond donors (Lipinski definition) is 1. The van der Waals surface area contributed by atoms with Gasteiger partial charge in [0.25, 0.3) is 0 Å². The van der Waals surface area contributed by atoms with Crippen molar-refractivity contribution in [2.45, 2.75) is 6.18 Å². The van der Waals surface area contributed by atoms with Gasteiger partial charge in [-0.15, -0.1) is 11.3 Å². The Morgan fingerprint density at radius 2 is 2.22 bits per heavy atom. The van der Waals surface area contributed by atoms with Crippen LogP contribution in [-0.4, -0.2) is 18.2 Å². The van der Waals surface area contributed by atoms with Gasteiger partial charge in [-0.25, -0.2) is 9.78 Å². The van der Waals surface area contributed by atoms with Gasteiger partial charge in [-0.1, -0.05) is 0 Å². The summed E-state index contributed by atoms with van der Waals surface area (Å²) in [6, 6.07) is 2.71. The quantitative estimate of drug-likeness (QED) is 0.867. The average molecular weight is 276 g/mol. The smallest absolute Gasteiger partial charge is 0.435 e. The Balaban J connectivity index is 2.56. The van der Waals surface area contributed by atoms with Crippen LogP contribution in [0.5, 0.6) is 0 Å². The van der Waals surface area contributed by atoms with Crippen molar-refractivity contribution in [3.8, 4) is 0 Å². The van der Waals surface area contributed by atoms with Crippen molar-refractivity contribution >= 4 is 33.3 Å². The van der Waals surface area contributed by atoms with Crippen LogP contribution >= 0.6 is 11.3 Å². The number of fused-ring (bicyclic) bond motifs is 1. The molecule has 0 unspecified atom stereocenters. The summed E-state index contributed by atoms with van der Waals surface area (Å²) in [5.41, 5.74) is -1.31. The van der Waals surface area contributed by atoms with E-state index < -0.39 is 23.7 Å². The van der Waals surface area contributed by atoms with Crippen LogP contribution in [0.2, 0.25) is 0 Å². The highest BCUT2D eigenvalue weighted by molar-refractivity contribution is 7.17. The van der Waals surface area contributed by atoms with Crippen molar-refractivity contribution in [1.82, 2.24) is 4.98 Å². The molecule has 2 rings (SSSR count). The predicted octanol–water partition coefficient (Wildman–Crippen LogP) is 3.49. The molecule has 0 atom stereocenters. The van der Waals surface area contributed by atoms with Crippen molar-refractivity contribution in [3.63, 3.8) is 0 Å². The number of hydrogen-bond acceptors (Lipinski definition) is 4. The molecule has 18 heavy (non-hydrogen) atoms. The Hall–Kier alpha value is -1.83. The molecule has 0 spiro atoms. The van der Waals surface area contributed by atoms with Gasteiger partial charge < -0.3 is 4.74 Å². The van der Waals surface area contributed by atoms with Crippen LogP contribution < -0.4 is 5.32 Å². The summed E-state index contributed by atoms with van der Waals surface area (Å²) in [7, 11) is 1.07. The van der Waals surface area contributed by atoms with Crippen molar-refractivity contribution in [2.24, 2.45) is 0 Å². The maximum atomic E-state index is 12.8. The van der Waals surface area contributed by atoms with Crippen LogP contribution in [-0.2, 0) is 10.9 Å². The number of alkyl halides is 3. The minimum atomic E-state index is -4.65. The van der Waals surface area contributed by atoms with Crippen molar-refractivity contribution in [3.05, 3.63) is 23.2 Å². The largest absolute Gasteiger partial charge is 0.453 e. The number of halogens is 3. The van der Waals surface area contributed by atoms with Gasteiger partial charge in [0.2, 0.25) is 0 Å². The summed E-state index contributed by atoms with van der Waals surface area (Å²) in [6.07, 6.45) is -5.62. The van der Waals surface area contributed by atoms with E-state index >= 15 is 0 Å². The Bertz CT molecular complexity index is 594. The maximum Gasteiger partial charge on any atom is 0.435 e. The lowest BCUT2D eigenvalue weighted by atomic mass is 10.2. The normalized spacial score (nSPS) is 11.6. The second-order valence-electron chi connectivity index (χ2n) is 3.30. The molecule has 0 fully saturated rings. The number of ether oxygens (including phenoxy) is 1. The lowest BCUT2D eigenvalue weighted by Crippen LogP contribution is -2.17. The van der Waals surface area contributed by atoms with Crippen LogP contribution in [0.15, 0.2) is 17.5 Å². The third-order valence-corrected chi connectivity index (χ3v) is 2.98. The first-order valence-electron chi connectivity index (χ1n) is 4.72. The predicted molar refractivity (Wildman–Crippen MR) is 60.6 cm³/mol. The monoisotopic (exact) mass is 276 g/mol. The zero-order valence-electron chi connectivity index (χ0n) is 9.04. The number of aromatic nitrogens is 1. The molecule has 0 aliphatic rings. The van der Waals surface area contributed by atoms with Gasteiger partial charge in [-0.05, 0) is 17.5 Å². The Morgan fingerprint density at radius 1 is 1.50 bits per heavy atom. The number of pyridine rings is 1. The van der Waals surface area contributed by atoms with E-state index in [4.69, 9.17) is 0 Å². The number of nitrogens with one attached hydrogen (secondary N) is 1. The first kappa shape index (κ1) is 12.6. The molecular formula is C10H7F3N2O2S. The van der Waals surface area contributed by atoms with E-state index in [2.05, 4.69) is 9.72 Å². The van der Waals surface area contributed by atoms with Gasteiger partial charge in [0.1, 0.15) is 0 Å². The number of thiophene rings is 1. The molecule has 0 saturated heterocycles. The Labute approximate surface area is 103 Å². The van der Waals surface area contributed by atoms with Gasteiger partial charge in [0.15, 0.2) is 5.69 Å². The van der Waals surface area contributed by atoms with Crippen LogP contribution in [0.4, 0.5) is 23.7 Å². The third kappa shape index (κ3) is 2.37. The first-order chi connectivity index (χ1) is 8.41. The highest BCUT2D eigenvalue weighted by atomic mass is 32.1. The number of nitrogens with zero attached hydrogens (tertiary/aromatic N) is 1. The zero-order valence-corrected chi connectivity index (χ0v) is 9.85. The molecule has 0 aliphatic carbocycles. The van der Waals surface area contributed by atoms with Crippen LogP contribution in [0, 0.1) is 0 Å². The van der Waals surface area contributed by atoms with Crippen molar-refractivity contribution in [2.75, 3.05) is 12.4 Å². The van der Waals surface area contributed by atoms with E-state index in [1.54, 1.807) is 5.38 Å². The number of anilines is 1. The minimum Gasteiger partial charge on any atom is -0.453 e. The van der Waals surface area contributed by atoms with E-state index in [0.717, 1.165) is 7.11 Å². The standard InChI is InChI=1S/C10H7F3N2O2S/c1-17-9(16)15-6-4-7-5(2-3-18-7)14-8(6)10(11,12)13/h2-4H,1H3,(H,15,16). The fraction of sp³-hybridized carbons (Fsp3) is 0.200. The SMILES string of the molecule is COC(=O)Nc1cc2sccc2nc1C(F)(F)F. The lowest BCUT2D eigenvalue weighted by Gasteiger charge is -2.12. The second kappa shape index (κ2) is 4.45. The summed E-state index contributed by atoms with van der Waals surface area (Å²) < 4.78 is 43.2. The van der Waals surface area contributed by atoms with Gasteiger partial charge in [0, 0.05) is 0 Å². The molecule has 0 saturated carbocycles. The third-order valence-electron chi connectivity index (χ3n) is 2.13. The van der Waals surface area contributed by atoms with Crippen LogP contribution in [0.25, 0.3) is 10.2 Å². The molecule has 1 N–H and O–H groups in total. The van der Waals surface area contributed by atoms with Crippen LogP contribution in [0.3, 0.4) is 0 Å². The molecule has 4 nitrogen and oxygen atoms in total. The molecular weight excluding hydrogens is 269 g/mol. The summed E-state index contributed by atoms with van der Waals surface area (Å²) in [5.74, 6) is 0. The van der Waals surface area contributed by atoms with Crippen molar-refractivity contribution in [1.29, 1.82) is 0 Å². The van der Waals surface area contributed by atoms with Gasteiger partial charge in [0.05, 0.1) is 23.0 Å². The summed E-state index contributed by atoms with van der Waals surface area (Å²) in [6.45, 7) is 0. The maximum absolute atomic E-state index is 12.8. The number of amides is 1.